The maximum Gasteiger partial charge on any atom is 0.144 e. The molecule has 2 aliphatic rings. The Morgan fingerprint density at radius 2 is 0.542 bits per heavy atom. The van der Waals surface area contributed by atoms with Crippen LogP contribution in [-0.4, -0.2) is 0 Å². The third-order valence-electron chi connectivity index (χ3n) is 15.2. The molecule has 0 saturated carbocycles. The minimum Gasteiger partial charge on any atom is -0.455 e. The standard InChI is InChI=1S/C68H64N2O2/c1-65(2,3)41-21-29-45(30-22-41)69(46-31-23-42(24-32-46)66(4,5)6)61-49-17-13-15-19-51(49)63-57-53(61)37-39-55-59(57)60-56(71-63)40-38-54-58(60)64(72-55)52-20-16-14-18-50(52)62(54)70(47-33-25-43(26-34-47)67(7,8)9)48-35-27-44(28-36-48)68(10,11)12/h13-40H,1-12H3. The highest BCUT2D eigenvalue weighted by atomic mass is 16.3. The third-order valence-corrected chi connectivity index (χ3v) is 15.2. The van der Waals surface area contributed by atoms with Gasteiger partial charge in [0, 0.05) is 77.0 Å². The summed E-state index contributed by atoms with van der Waals surface area (Å²) in [5.74, 6) is 0. The van der Waals surface area contributed by atoms with Crippen LogP contribution in [0.4, 0.5) is 34.1 Å². The van der Waals surface area contributed by atoms with Gasteiger partial charge in [-0.15, -0.1) is 0 Å². The van der Waals surface area contributed by atoms with Crippen molar-refractivity contribution in [1.29, 1.82) is 0 Å². The van der Waals surface area contributed by atoms with E-state index in [0.29, 0.717) is 0 Å². The van der Waals surface area contributed by atoms with Crippen LogP contribution in [0.5, 0.6) is 0 Å². The summed E-state index contributed by atoms with van der Waals surface area (Å²) in [6.07, 6.45) is 0. The molecular weight excluding hydrogens is 877 g/mol. The zero-order valence-electron chi connectivity index (χ0n) is 43.9. The fourth-order valence-corrected chi connectivity index (χ4v) is 11.2. The Balaban J connectivity index is 1.18. The first kappa shape index (κ1) is 45.6. The van der Waals surface area contributed by atoms with Crippen LogP contribution < -0.4 is 9.80 Å². The number of anilines is 6. The number of rotatable bonds is 6. The monoisotopic (exact) mass is 940 g/mol. The van der Waals surface area contributed by atoms with Gasteiger partial charge in [-0.25, -0.2) is 0 Å². The van der Waals surface area contributed by atoms with Crippen molar-refractivity contribution in [1.82, 2.24) is 0 Å². The average Bonchev–Trinajstić information content (AvgIpc) is 3.35. The van der Waals surface area contributed by atoms with E-state index in [1.807, 2.05) is 0 Å². The molecule has 4 heteroatoms. The van der Waals surface area contributed by atoms with Gasteiger partial charge in [-0.1, -0.05) is 180 Å². The van der Waals surface area contributed by atoms with E-state index in [2.05, 4.69) is 263 Å². The maximum absolute atomic E-state index is 7.39. The summed E-state index contributed by atoms with van der Waals surface area (Å²) in [7, 11) is 0. The van der Waals surface area contributed by atoms with Gasteiger partial charge in [-0.2, -0.15) is 0 Å². The molecule has 2 aliphatic heterocycles. The molecule has 0 unspecified atom stereocenters. The van der Waals surface area contributed by atoms with Crippen molar-refractivity contribution in [2.45, 2.75) is 105 Å². The summed E-state index contributed by atoms with van der Waals surface area (Å²) in [6, 6.07) is 63.1. The highest BCUT2D eigenvalue weighted by molar-refractivity contribution is 6.35. The van der Waals surface area contributed by atoms with Crippen LogP contribution in [0.25, 0.3) is 76.5 Å². The molecule has 0 aliphatic carbocycles. The average molecular weight is 941 g/mol. The summed E-state index contributed by atoms with van der Waals surface area (Å²) < 4.78 is 14.8. The normalized spacial score (nSPS) is 13.0. The number of benzene rings is 10. The summed E-state index contributed by atoms with van der Waals surface area (Å²) in [5, 5.41) is 8.62. The summed E-state index contributed by atoms with van der Waals surface area (Å²) in [4.78, 5) is 4.92. The SMILES string of the molecule is CC(C)(C)c1ccc(N(c2ccc(C(C)(C)C)cc2)c2c3ccccc3c3oc4ccc5c(N(c6ccc(C(C)(C)C)cc6)c6ccc(C(C)(C)C)cc6)c6ccccc6c6oc7ccc2c3c7-c4c56)cc1. The minimum absolute atomic E-state index is 0.0111. The largest absolute Gasteiger partial charge is 0.455 e. The molecule has 0 bridgehead atoms. The predicted molar refractivity (Wildman–Crippen MR) is 308 cm³/mol. The number of fused-ring (bicyclic) bond motifs is 4. The van der Waals surface area contributed by atoms with Crippen LogP contribution in [0, 0.1) is 0 Å². The van der Waals surface area contributed by atoms with Gasteiger partial charge in [-0.3, -0.25) is 0 Å². The fraction of sp³-hybridized carbons (Fsp3) is 0.235. The number of hydrogen-bond donors (Lipinski definition) is 0. The molecule has 0 aromatic heterocycles. The Morgan fingerprint density at radius 1 is 0.278 bits per heavy atom. The second-order valence-corrected chi connectivity index (χ2v) is 24.2. The van der Waals surface area contributed by atoms with Crippen molar-refractivity contribution in [3.63, 3.8) is 0 Å². The highest BCUT2D eigenvalue weighted by Crippen LogP contribution is 2.57. The molecule has 10 aromatic carbocycles. The predicted octanol–water partition coefficient (Wildman–Crippen LogP) is 20.5. The molecule has 0 radical (unpaired) electrons. The van der Waals surface area contributed by atoms with Crippen molar-refractivity contribution in [3.8, 4) is 11.1 Å². The molecule has 2 heterocycles. The van der Waals surface area contributed by atoms with Crippen LogP contribution in [0.1, 0.15) is 105 Å². The highest BCUT2D eigenvalue weighted by Gasteiger charge is 2.33. The van der Waals surface area contributed by atoms with Crippen molar-refractivity contribution in [2.24, 2.45) is 0 Å². The van der Waals surface area contributed by atoms with Gasteiger partial charge in [0.25, 0.3) is 0 Å². The Labute approximate surface area is 424 Å². The van der Waals surface area contributed by atoms with E-state index >= 15 is 0 Å². The first-order valence-electron chi connectivity index (χ1n) is 25.7. The van der Waals surface area contributed by atoms with Crippen LogP contribution >= 0.6 is 0 Å². The van der Waals surface area contributed by atoms with E-state index in [-0.39, 0.29) is 21.7 Å². The molecule has 0 N–H and O–H groups in total. The molecule has 358 valence electrons. The van der Waals surface area contributed by atoms with Crippen molar-refractivity contribution < 1.29 is 8.83 Å². The van der Waals surface area contributed by atoms with Crippen molar-refractivity contribution >= 4 is 99.5 Å². The first-order valence-corrected chi connectivity index (χ1v) is 25.7. The fourth-order valence-electron chi connectivity index (χ4n) is 11.2. The molecular formula is C68H64N2O2. The second-order valence-electron chi connectivity index (χ2n) is 24.2. The quantitative estimate of drug-likeness (QED) is 0.123. The lowest BCUT2D eigenvalue weighted by molar-refractivity contribution is 0.590. The minimum atomic E-state index is 0.0111. The van der Waals surface area contributed by atoms with Gasteiger partial charge < -0.3 is 18.6 Å². The van der Waals surface area contributed by atoms with Crippen molar-refractivity contribution in [3.05, 3.63) is 192 Å². The Kier molecular flexibility index (Phi) is 10.1. The molecule has 72 heavy (non-hydrogen) atoms. The Bertz CT molecular complexity index is 3590. The molecule has 10 aromatic rings. The Hall–Kier alpha value is -7.56. The number of nitrogens with zero attached hydrogens (tertiary/aromatic N) is 2. The van der Waals surface area contributed by atoms with Gasteiger partial charge in [0.05, 0.1) is 11.4 Å². The van der Waals surface area contributed by atoms with E-state index in [4.69, 9.17) is 8.83 Å². The van der Waals surface area contributed by atoms with Crippen LogP contribution in [0.2, 0.25) is 0 Å². The van der Waals surface area contributed by atoms with E-state index in [0.717, 1.165) is 111 Å². The van der Waals surface area contributed by atoms with Gasteiger partial charge >= 0.3 is 0 Å². The van der Waals surface area contributed by atoms with Gasteiger partial charge in [-0.05, 0) is 117 Å². The van der Waals surface area contributed by atoms with Crippen LogP contribution in [0.3, 0.4) is 0 Å². The lowest BCUT2D eigenvalue weighted by atomic mass is 9.85. The lowest BCUT2D eigenvalue weighted by Gasteiger charge is -2.32. The van der Waals surface area contributed by atoms with E-state index in [1.165, 1.54) is 22.3 Å². The Morgan fingerprint density at radius 3 is 0.806 bits per heavy atom. The van der Waals surface area contributed by atoms with E-state index < -0.39 is 0 Å². The lowest BCUT2D eigenvalue weighted by Crippen LogP contribution is -2.15. The van der Waals surface area contributed by atoms with Crippen molar-refractivity contribution in [2.75, 3.05) is 9.80 Å². The van der Waals surface area contributed by atoms with Gasteiger partial charge in [0.1, 0.15) is 22.3 Å². The third kappa shape index (κ3) is 7.24. The summed E-state index contributed by atoms with van der Waals surface area (Å²) in [5.41, 5.74) is 17.3. The molecule has 0 amide bonds. The topological polar surface area (TPSA) is 32.8 Å². The zero-order valence-corrected chi connectivity index (χ0v) is 43.9. The first-order chi connectivity index (χ1) is 34.3. The molecule has 0 spiro atoms. The van der Waals surface area contributed by atoms with E-state index in [9.17, 15) is 0 Å². The maximum atomic E-state index is 7.39. The second kappa shape index (κ2) is 16.0. The van der Waals surface area contributed by atoms with Crippen LogP contribution in [0.15, 0.2) is 179 Å². The molecule has 12 rings (SSSR count). The molecule has 0 atom stereocenters. The van der Waals surface area contributed by atoms with Gasteiger partial charge in [0.2, 0.25) is 0 Å². The van der Waals surface area contributed by atoms with E-state index in [1.54, 1.807) is 0 Å². The summed E-state index contributed by atoms with van der Waals surface area (Å²) in [6.45, 7) is 27.3. The molecule has 4 nitrogen and oxygen atoms in total. The smallest absolute Gasteiger partial charge is 0.144 e. The summed E-state index contributed by atoms with van der Waals surface area (Å²) >= 11 is 0. The van der Waals surface area contributed by atoms with Crippen LogP contribution in [-0.2, 0) is 21.7 Å². The zero-order chi connectivity index (χ0) is 50.2. The molecule has 0 fully saturated rings. The van der Waals surface area contributed by atoms with Gasteiger partial charge in [0.15, 0.2) is 0 Å². The molecule has 0 saturated heterocycles. The number of hydrogen-bond acceptors (Lipinski definition) is 4.